The highest BCUT2D eigenvalue weighted by Crippen LogP contribution is 2.36. The van der Waals surface area contributed by atoms with Crippen LogP contribution in [0, 0.1) is 11.3 Å². The maximum absolute atomic E-state index is 8.71. The molecule has 1 heterocycles. The van der Waals surface area contributed by atoms with Crippen molar-refractivity contribution in [2.75, 3.05) is 12.9 Å². The summed E-state index contributed by atoms with van der Waals surface area (Å²) in [5.74, 6) is 2.69. The molecule has 25 heavy (non-hydrogen) atoms. The standard InChI is InChI=1S/C19H24N4OS/c1-24-17-11-9-15(10-12-17)18-21-22-19(25-14-6-5-13-20)23(18)16-7-3-2-4-8-16/h9-12,16H,2-8,14H2,1H3. The van der Waals surface area contributed by atoms with E-state index in [0.29, 0.717) is 12.5 Å². The predicted molar refractivity (Wildman–Crippen MR) is 99.7 cm³/mol. The van der Waals surface area contributed by atoms with Crippen LogP contribution in [-0.2, 0) is 0 Å². The summed E-state index contributed by atoms with van der Waals surface area (Å²) >= 11 is 1.72. The van der Waals surface area contributed by atoms with Crippen molar-refractivity contribution in [2.45, 2.75) is 56.1 Å². The zero-order valence-corrected chi connectivity index (χ0v) is 15.5. The van der Waals surface area contributed by atoms with Crippen molar-refractivity contribution in [1.82, 2.24) is 14.8 Å². The third-order valence-corrected chi connectivity index (χ3v) is 5.65. The number of nitriles is 1. The lowest BCUT2D eigenvalue weighted by atomic mass is 9.95. The Kier molecular flexibility index (Phi) is 6.35. The van der Waals surface area contributed by atoms with Gasteiger partial charge in [0.25, 0.3) is 0 Å². The monoisotopic (exact) mass is 356 g/mol. The molecule has 6 heteroatoms. The van der Waals surface area contributed by atoms with Crippen LogP contribution in [0.3, 0.4) is 0 Å². The molecule has 1 saturated carbocycles. The molecule has 1 aromatic carbocycles. The third kappa shape index (κ3) is 4.35. The van der Waals surface area contributed by atoms with Crippen molar-refractivity contribution in [3.8, 4) is 23.2 Å². The Morgan fingerprint density at radius 2 is 1.96 bits per heavy atom. The number of rotatable bonds is 7. The number of unbranched alkanes of at least 4 members (excludes halogenated alkanes) is 1. The van der Waals surface area contributed by atoms with Crippen molar-refractivity contribution >= 4 is 11.8 Å². The van der Waals surface area contributed by atoms with E-state index in [2.05, 4.69) is 20.8 Å². The van der Waals surface area contributed by atoms with Gasteiger partial charge in [-0.1, -0.05) is 31.0 Å². The summed E-state index contributed by atoms with van der Waals surface area (Å²) in [5, 5.41) is 18.7. The molecular weight excluding hydrogens is 332 g/mol. The zero-order chi connectivity index (χ0) is 17.5. The summed E-state index contributed by atoms with van der Waals surface area (Å²) in [6.45, 7) is 0. The number of hydrogen-bond donors (Lipinski definition) is 0. The Balaban J connectivity index is 1.87. The first-order chi connectivity index (χ1) is 12.3. The fourth-order valence-electron chi connectivity index (χ4n) is 3.30. The fraction of sp³-hybridized carbons (Fsp3) is 0.526. The second-order valence-electron chi connectivity index (χ2n) is 6.31. The smallest absolute Gasteiger partial charge is 0.191 e. The predicted octanol–water partition coefficient (Wildman–Crippen LogP) is 4.85. The highest BCUT2D eigenvalue weighted by Gasteiger charge is 2.23. The summed E-state index contributed by atoms with van der Waals surface area (Å²) in [7, 11) is 1.68. The first kappa shape index (κ1) is 17.8. The number of hydrogen-bond acceptors (Lipinski definition) is 5. The molecule has 0 saturated heterocycles. The number of thioether (sulfide) groups is 1. The SMILES string of the molecule is COc1ccc(-c2nnc(SCCCC#N)n2C2CCCCC2)cc1. The maximum atomic E-state index is 8.71. The van der Waals surface area contributed by atoms with Crippen molar-refractivity contribution < 1.29 is 4.74 Å². The molecule has 0 unspecified atom stereocenters. The quantitative estimate of drug-likeness (QED) is 0.524. The van der Waals surface area contributed by atoms with Gasteiger partial charge in [-0.3, -0.25) is 4.57 Å². The Labute approximate surface area is 153 Å². The van der Waals surface area contributed by atoms with Gasteiger partial charge in [0.05, 0.1) is 13.2 Å². The van der Waals surface area contributed by atoms with E-state index in [1.165, 1.54) is 32.1 Å². The average Bonchev–Trinajstić information content (AvgIpc) is 3.10. The zero-order valence-electron chi connectivity index (χ0n) is 14.6. The van der Waals surface area contributed by atoms with Gasteiger partial charge in [-0.25, -0.2) is 0 Å². The van der Waals surface area contributed by atoms with E-state index < -0.39 is 0 Å². The first-order valence-corrected chi connectivity index (χ1v) is 9.91. The second kappa shape index (κ2) is 8.91. The van der Waals surface area contributed by atoms with Crippen LogP contribution < -0.4 is 4.74 Å². The summed E-state index contributed by atoms with van der Waals surface area (Å²) in [5.41, 5.74) is 1.07. The van der Waals surface area contributed by atoms with E-state index >= 15 is 0 Å². The van der Waals surface area contributed by atoms with Crippen molar-refractivity contribution in [3.05, 3.63) is 24.3 Å². The van der Waals surface area contributed by atoms with E-state index in [9.17, 15) is 0 Å². The van der Waals surface area contributed by atoms with Gasteiger partial charge in [0.1, 0.15) is 5.75 Å². The normalized spacial score (nSPS) is 15.0. The lowest BCUT2D eigenvalue weighted by Crippen LogP contribution is -2.15. The van der Waals surface area contributed by atoms with Gasteiger partial charge in [0.15, 0.2) is 11.0 Å². The summed E-state index contributed by atoms with van der Waals surface area (Å²) in [6, 6.07) is 10.7. The molecule has 0 radical (unpaired) electrons. The number of nitrogens with zero attached hydrogens (tertiary/aromatic N) is 4. The van der Waals surface area contributed by atoms with E-state index in [-0.39, 0.29) is 0 Å². The molecule has 0 aliphatic heterocycles. The molecule has 3 rings (SSSR count). The van der Waals surface area contributed by atoms with Gasteiger partial charge in [-0.2, -0.15) is 5.26 Å². The molecule has 0 spiro atoms. The maximum Gasteiger partial charge on any atom is 0.191 e. The van der Waals surface area contributed by atoms with Gasteiger partial charge in [0.2, 0.25) is 0 Å². The van der Waals surface area contributed by atoms with E-state index in [1.807, 2.05) is 24.3 Å². The van der Waals surface area contributed by atoms with Crippen molar-refractivity contribution in [1.29, 1.82) is 5.26 Å². The van der Waals surface area contributed by atoms with Crippen molar-refractivity contribution in [2.24, 2.45) is 0 Å². The highest BCUT2D eigenvalue weighted by atomic mass is 32.2. The Morgan fingerprint density at radius 1 is 1.20 bits per heavy atom. The minimum atomic E-state index is 0.472. The van der Waals surface area contributed by atoms with Gasteiger partial charge in [0, 0.05) is 23.8 Å². The molecule has 1 fully saturated rings. The number of aromatic nitrogens is 3. The van der Waals surface area contributed by atoms with Gasteiger partial charge < -0.3 is 4.74 Å². The van der Waals surface area contributed by atoms with Crippen LogP contribution in [0.5, 0.6) is 5.75 Å². The summed E-state index contributed by atoms with van der Waals surface area (Å²) < 4.78 is 7.59. The average molecular weight is 356 g/mol. The Hall–Kier alpha value is -2.00. The van der Waals surface area contributed by atoms with Crippen LogP contribution in [0.25, 0.3) is 11.4 Å². The van der Waals surface area contributed by atoms with Crippen LogP contribution in [0.15, 0.2) is 29.4 Å². The lowest BCUT2D eigenvalue weighted by Gasteiger charge is -2.25. The number of benzene rings is 1. The third-order valence-electron chi connectivity index (χ3n) is 4.62. The van der Waals surface area contributed by atoms with Crippen LogP contribution in [-0.4, -0.2) is 27.6 Å². The molecule has 0 N–H and O–H groups in total. The van der Waals surface area contributed by atoms with E-state index in [0.717, 1.165) is 34.5 Å². The van der Waals surface area contributed by atoms with Crippen LogP contribution in [0.1, 0.15) is 51.0 Å². The van der Waals surface area contributed by atoms with Crippen LogP contribution in [0.2, 0.25) is 0 Å². The van der Waals surface area contributed by atoms with Gasteiger partial charge in [-0.15, -0.1) is 10.2 Å². The molecule has 1 aliphatic carbocycles. The molecule has 1 aliphatic rings. The Morgan fingerprint density at radius 3 is 2.64 bits per heavy atom. The fourth-order valence-corrected chi connectivity index (χ4v) is 4.24. The lowest BCUT2D eigenvalue weighted by molar-refractivity contribution is 0.339. The second-order valence-corrected chi connectivity index (χ2v) is 7.37. The summed E-state index contributed by atoms with van der Waals surface area (Å²) in [4.78, 5) is 0. The largest absolute Gasteiger partial charge is 0.497 e. The minimum absolute atomic E-state index is 0.472. The molecule has 0 bridgehead atoms. The van der Waals surface area contributed by atoms with Crippen LogP contribution in [0.4, 0.5) is 0 Å². The first-order valence-electron chi connectivity index (χ1n) is 8.92. The van der Waals surface area contributed by atoms with Crippen molar-refractivity contribution in [3.63, 3.8) is 0 Å². The molecule has 5 nitrogen and oxygen atoms in total. The van der Waals surface area contributed by atoms with E-state index in [4.69, 9.17) is 10.00 Å². The minimum Gasteiger partial charge on any atom is -0.497 e. The topological polar surface area (TPSA) is 63.7 Å². The molecule has 1 aromatic heterocycles. The Bertz CT molecular complexity index is 714. The molecular formula is C19H24N4OS. The number of methoxy groups -OCH3 is 1. The molecule has 132 valence electrons. The highest BCUT2D eigenvalue weighted by molar-refractivity contribution is 7.99. The summed E-state index contributed by atoms with van der Waals surface area (Å²) in [6.07, 6.45) is 7.71. The van der Waals surface area contributed by atoms with Gasteiger partial charge >= 0.3 is 0 Å². The molecule has 2 aromatic rings. The molecule has 0 atom stereocenters. The van der Waals surface area contributed by atoms with Gasteiger partial charge in [-0.05, 0) is 43.5 Å². The van der Waals surface area contributed by atoms with Crippen LogP contribution >= 0.6 is 11.8 Å². The van der Waals surface area contributed by atoms with E-state index in [1.54, 1.807) is 18.9 Å². The number of ether oxygens (including phenoxy) is 1. The molecule has 0 amide bonds.